The van der Waals surface area contributed by atoms with Gasteiger partial charge in [-0.25, -0.2) is 13.6 Å². The molecule has 0 aliphatic carbocycles. The molecule has 1 atom stereocenters. The number of nitrogens with two attached hydrogens (primary N) is 1. The number of halogens is 2. The maximum Gasteiger partial charge on any atom is 0.354 e. The van der Waals surface area contributed by atoms with Crippen LogP contribution in [0, 0.1) is 5.41 Å². The Morgan fingerprint density at radius 2 is 2.03 bits per heavy atom. The molecule has 0 amide bonds. The van der Waals surface area contributed by atoms with E-state index in [2.05, 4.69) is 20.6 Å². The minimum Gasteiger partial charge on any atom is -0.370 e. The van der Waals surface area contributed by atoms with Gasteiger partial charge in [-0.2, -0.15) is 4.98 Å². The maximum absolute atomic E-state index is 13.5. The highest BCUT2D eigenvalue weighted by molar-refractivity contribution is 5.75. The van der Waals surface area contributed by atoms with E-state index in [9.17, 15) is 13.6 Å². The predicted molar refractivity (Wildman–Crippen MR) is 112 cm³/mol. The van der Waals surface area contributed by atoms with E-state index in [1.165, 1.54) is 4.57 Å². The Kier molecular flexibility index (Phi) is 6.78. The molecule has 3 aromatic rings. The van der Waals surface area contributed by atoms with E-state index >= 15 is 0 Å². The van der Waals surface area contributed by atoms with Crippen molar-refractivity contribution in [2.45, 2.75) is 32.2 Å². The van der Waals surface area contributed by atoms with Crippen LogP contribution in [0.1, 0.15) is 30.6 Å². The highest BCUT2D eigenvalue weighted by atomic mass is 19.3. The molecule has 0 spiro atoms. The second kappa shape index (κ2) is 9.49. The summed E-state index contributed by atoms with van der Waals surface area (Å²) < 4.78 is 28.4. The highest BCUT2D eigenvalue weighted by Gasteiger charge is 2.21. The molecule has 1 aromatic carbocycles. The third kappa shape index (κ3) is 5.01. The number of H-pyrrole nitrogens is 1. The number of fused-ring (bicyclic) bond motifs is 1. The number of nitrogens with one attached hydrogen (secondary N) is 4. The van der Waals surface area contributed by atoms with Crippen LogP contribution in [-0.2, 0) is 6.42 Å². The molecular weight excluding hydrogens is 392 g/mol. The van der Waals surface area contributed by atoms with Crippen molar-refractivity contribution in [1.82, 2.24) is 25.2 Å². The number of nitrogens with zero attached hydrogens (tertiary/aromatic N) is 2. The lowest BCUT2D eigenvalue weighted by Gasteiger charge is -2.19. The lowest BCUT2D eigenvalue weighted by molar-refractivity contribution is 0.0983. The van der Waals surface area contributed by atoms with Gasteiger partial charge in [0, 0.05) is 23.8 Å². The first-order chi connectivity index (χ1) is 14.4. The summed E-state index contributed by atoms with van der Waals surface area (Å²) in [6.07, 6.45) is 0.440. The zero-order valence-electron chi connectivity index (χ0n) is 16.6. The largest absolute Gasteiger partial charge is 0.370 e. The van der Waals surface area contributed by atoms with Crippen molar-refractivity contribution in [2.75, 3.05) is 13.1 Å². The van der Waals surface area contributed by atoms with Crippen LogP contribution in [0.3, 0.4) is 0 Å². The Bertz CT molecular complexity index is 1060. The molecule has 0 saturated heterocycles. The van der Waals surface area contributed by atoms with Crippen molar-refractivity contribution in [1.29, 1.82) is 5.41 Å². The molecule has 0 aliphatic rings. The van der Waals surface area contributed by atoms with Gasteiger partial charge in [-0.3, -0.25) is 9.98 Å². The number of hydrogen-bond acceptors (Lipinski definition) is 4. The average Bonchev–Trinajstić information content (AvgIpc) is 3.11. The zero-order valence-corrected chi connectivity index (χ0v) is 16.6. The minimum absolute atomic E-state index is 0.149. The van der Waals surface area contributed by atoms with Gasteiger partial charge in [-0.15, -0.1) is 0 Å². The average molecular weight is 417 g/mol. The first kappa shape index (κ1) is 21.4. The summed E-state index contributed by atoms with van der Waals surface area (Å²) >= 11 is 0. The Hall–Kier alpha value is -3.27. The van der Waals surface area contributed by atoms with Crippen molar-refractivity contribution >= 4 is 17.0 Å². The standard InChI is InChI=1S/C20H25F2N7O/c1-2-14-10-13-11-29(20(30)28-18(13)27-14)15-6-4-12(5-7-15)16(17(21)22)25-8-3-9-26-19(23)24/h4-7,10-11,16-17,25H,2-3,8-9H2,1H3,(H4,23,24,26)(H,27,28,30). The van der Waals surface area contributed by atoms with Crippen molar-refractivity contribution in [3.05, 3.63) is 58.3 Å². The van der Waals surface area contributed by atoms with Crippen molar-refractivity contribution in [3.8, 4) is 5.69 Å². The van der Waals surface area contributed by atoms with Crippen LogP contribution in [0.5, 0.6) is 0 Å². The van der Waals surface area contributed by atoms with Crippen molar-refractivity contribution in [3.63, 3.8) is 0 Å². The zero-order chi connectivity index (χ0) is 21.7. The smallest absolute Gasteiger partial charge is 0.354 e. The lowest BCUT2D eigenvalue weighted by Crippen LogP contribution is -2.34. The number of aryl methyl sites for hydroxylation is 1. The summed E-state index contributed by atoms with van der Waals surface area (Å²) in [6, 6.07) is 7.23. The van der Waals surface area contributed by atoms with E-state index in [4.69, 9.17) is 11.1 Å². The first-order valence-electron chi connectivity index (χ1n) is 9.70. The lowest BCUT2D eigenvalue weighted by atomic mass is 10.1. The number of benzene rings is 1. The van der Waals surface area contributed by atoms with Gasteiger partial charge in [-0.05, 0) is 43.1 Å². The minimum atomic E-state index is -2.59. The summed E-state index contributed by atoms with van der Waals surface area (Å²) in [5, 5.41) is 13.3. The normalized spacial score (nSPS) is 12.4. The number of alkyl halides is 2. The van der Waals surface area contributed by atoms with Crippen LogP contribution < -0.4 is 22.1 Å². The number of aromatic amines is 1. The molecule has 8 nitrogen and oxygen atoms in total. The van der Waals surface area contributed by atoms with Crippen LogP contribution in [0.15, 0.2) is 41.3 Å². The van der Waals surface area contributed by atoms with Crippen LogP contribution in [0.4, 0.5) is 8.78 Å². The Balaban J connectivity index is 1.75. The van der Waals surface area contributed by atoms with Crippen molar-refractivity contribution in [2.24, 2.45) is 5.73 Å². The fraction of sp³-hybridized carbons (Fsp3) is 0.350. The summed E-state index contributed by atoms with van der Waals surface area (Å²) in [7, 11) is 0. The summed E-state index contributed by atoms with van der Waals surface area (Å²) in [5.74, 6) is -0.149. The van der Waals surface area contributed by atoms with Crippen molar-refractivity contribution < 1.29 is 8.78 Å². The molecule has 160 valence electrons. The van der Waals surface area contributed by atoms with E-state index in [1.807, 2.05) is 13.0 Å². The number of guanidine groups is 1. The van der Waals surface area contributed by atoms with Gasteiger partial charge >= 0.3 is 5.69 Å². The topological polar surface area (TPSA) is 125 Å². The van der Waals surface area contributed by atoms with Gasteiger partial charge in [0.25, 0.3) is 6.43 Å². The fourth-order valence-corrected chi connectivity index (χ4v) is 3.19. The molecule has 0 aliphatic heterocycles. The molecule has 3 rings (SSSR count). The molecule has 2 heterocycles. The molecule has 0 fully saturated rings. The van der Waals surface area contributed by atoms with Gasteiger partial charge in [0.1, 0.15) is 5.65 Å². The van der Waals surface area contributed by atoms with Gasteiger partial charge in [0.2, 0.25) is 0 Å². The molecule has 2 aromatic heterocycles. The van der Waals surface area contributed by atoms with E-state index in [0.717, 1.165) is 17.5 Å². The molecule has 0 saturated carbocycles. The van der Waals surface area contributed by atoms with E-state index < -0.39 is 18.2 Å². The van der Waals surface area contributed by atoms with Gasteiger partial charge < -0.3 is 21.4 Å². The predicted octanol–water partition coefficient (Wildman–Crippen LogP) is 2.05. The molecule has 0 radical (unpaired) electrons. The number of hydrogen-bond donors (Lipinski definition) is 5. The number of aromatic nitrogens is 3. The van der Waals surface area contributed by atoms with Gasteiger partial charge in [0.05, 0.1) is 11.7 Å². The maximum atomic E-state index is 13.5. The van der Waals surface area contributed by atoms with Gasteiger partial charge in [0.15, 0.2) is 5.96 Å². The van der Waals surface area contributed by atoms with Crippen LogP contribution in [0.2, 0.25) is 0 Å². The monoisotopic (exact) mass is 417 g/mol. The third-order valence-electron chi connectivity index (χ3n) is 4.76. The summed E-state index contributed by atoms with van der Waals surface area (Å²) in [4.78, 5) is 19.5. The van der Waals surface area contributed by atoms with E-state index in [1.54, 1.807) is 30.5 Å². The number of rotatable bonds is 9. The fourth-order valence-electron chi connectivity index (χ4n) is 3.19. The quantitative estimate of drug-likeness (QED) is 0.207. The van der Waals surface area contributed by atoms with Crippen LogP contribution >= 0.6 is 0 Å². The highest BCUT2D eigenvalue weighted by Crippen LogP contribution is 2.22. The SMILES string of the molecule is CCc1cc2cn(-c3ccc(C(NCCCNC(=N)N)C(F)F)cc3)c(=O)nc2[nH]1. The summed E-state index contributed by atoms with van der Waals surface area (Å²) in [6.45, 7) is 2.77. The second-order valence-electron chi connectivity index (χ2n) is 6.90. The van der Waals surface area contributed by atoms with Crippen LogP contribution in [-0.4, -0.2) is 40.0 Å². The molecule has 0 bridgehead atoms. The van der Waals surface area contributed by atoms with Gasteiger partial charge in [-0.1, -0.05) is 19.1 Å². The Labute approximate surface area is 172 Å². The molecule has 10 heteroatoms. The first-order valence-corrected chi connectivity index (χ1v) is 9.70. The third-order valence-corrected chi connectivity index (χ3v) is 4.76. The molecule has 1 unspecified atom stereocenters. The summed E-state index contributed by atoms with van der Waals surface area (Å²) in [5.41, 5.74) is 7.23. The molecule has 6 N–H and O–H groups in total. The molecule has 30 heavy (non-hydrogen) atoms. The van der Waals surface area contributed by atoms with Crippen LogP contribution in [0.25, 0.3) is 16.7 Å². The second-order valence-corrected chi connectivity index (χ2v) is 6.90. The Morgan fingerprint density at radius 3 is 2.67 bits per heavy atom. The van der Waals surface area contributed by atoms with E-state index in [-0.39, 0.29) is 5.96 Å². The van der Waals surface area contributed by atoms with E-state index in [0.29, 0.717) is 36.4 Å². The Morgan fingerprint density at radius 1 is 1.30 bits per heavy atom. The molecular formula is C20H25F2N7O.